The van der Waals surface area contributed by atoms with Crippen molar-refractivity contribution in [1.82, 2.24) is 5.32 Å². The van der Waals surface area contributed by atoms with Gasteiger partial charge in [-0.1, -0.05) is 26.0 Å². The van der Waals surface area contributed by atoms with Gasteiger partial charge in [0.1, 0.15) is 5.92 Å². The van der Waals surface area contributed by atoms with E-state index in [-0.39, 0.29) is 17.9 Å². The predicted molar refractivity (Wildman–Crippen MR) is 93.0 cm³/mol. The largest absolute Gasteiger partial charge is 0.376 e. The van der Waals surface area contributed by atoms with Gasteiger partial charge < -0.3 is 15.0 Å². The molecule has 1 N–H and O–H groups in total. The first-order valence-corrected chi connectivity index (χ1v) is 8.87. The number of carbonyl (C=O) groups is 2. The number of anilines is 1. The normalized spacial score (nSPS) is 24.0. The van der Waals surface area contributed by atoms with Crippen LogP contribution in [-0.2, 0) is 14.3 Å². The summed E-state index contributed by atoms with van der Waals surface area (Å²) in [4.78, 5) is 26.6. The molecule has 0 spiro atoms. The lowest BCUT2D eigenvalue weighted by atomic mass is 10.0. The molecule has 2 fully saturated rings. The maximum absolute atomic E-state index is 12.6. The van der Waals surface area contributed by atoms with Crippen molar-refractivity contribution in [3.8, 4) is 0 Å². The summed E-state index contributed by atoms with van der Waals surface area (Å²) in [6.07, 6.45) is 2.70. The summed E-state index contributed by atoms with van der Waals surface area (Å²) in [7, 11) is 0. The number of hydrogen-bond acceptors (Lipinski definition) is 3. The van der Waals surface area contributed by atoms with Crippen LogP contribution in [0.2, 0.25) is 0 Å². The van der Waals surface area contributed by atoms with E-state index < -0.39 is 5.92 Å². The first-order chi connectivity index (χ1) is 11.6. The second-order valence-corrected chi connectivity index (χ2v) is 6.96. The van der Waals surface area contributed by atoms with E-state index in [2.05, 4.69) is 31.3 Å². The molecule has 1 aromatic rings. The van der Waals surface area contributed by atoms with Crippen molar-refractivity contribution in [2.75, 3.05) is 24.6 Å². The SMILES string of the molecule is CC(C)c1ccc(N2CCC(C(=O)NCC3CCCO3)C2=O)cc1. The average Bonchev–Trinajstić information content (AvgIpc) is 3.22. The zero-order valence-corrected chi connectivity index (χ0v) is 14.5. The molecule has 0 saturated carbocycles. The van der Waals surface area contributed by atoms with Crippen LogP contribution in [0, 0.1) is 5.92 Å². The Kier molecular flexibility index (Phi) is 5.19. The molecule has 5 nitrogen and oxygen atoms in total. The zero-order valence-electron chi connectivity index (χ0n) is 14.5. The highest BCUT2D eigenvalue weighted by atomic mass is 16.5. The van der Waals surface area contributed by atoms with Crippen LogP contribution in [0.1, 0.15) is 44.6 Å². The molecule has 130 valence electrons. The summed E-state index contributed by atoms with van der Waals surface area (Å²) in [5, 5.41) is 2.88. The fourth-order valence-electron chi connectivity index (χ4n) is 3.36. The third-order valence-corrected chi connectivity index (χ3v) is 4.92. The summed E-state index contributed by atoms with van der Waals surface area (Å²) < 4.78 is 5.50. The third kappa shape index (κ3) is 3.61. The Morgan fingerprint density at radius 2 is 2.04 bits per heavy atom. The van der Waals surface area contributed by atoms with E-state index in [9.17, 15) is 9.59 Å². The highest BCUT2D eigenvalue weighted by Gasteiger charge is 2.37. The van der Waals surface area contributed by atoms with Crippen molar-refractivity contribution >= 4 is 17.5 Å². The van der Waals surface area contributed by atoms with Gasteiger partial charge in [0.25, 0.3) is 0 Å². The lowest BCUT2D eigenvalue weighted by Gasteiger charge is -2.18. The molecule has 2 amide bonds. The zero-order chi connectivity index (χ0) is 17.1. The van der Waals surface area contributed by atoms with E-state index in [1.54, 1.807) is 4.90 Å². The fraction of sp³-hybridized carbons (Fsp3) is 0.579. The van der Waals surface area contributed by atoms with Gasteiger partial charge in [-0.2, -0.15) is 0 Å². The van der Waals surface area contributed by atoms with Crippen molar-refractivity contribution < 1.29 is 14.3 Å². The maximum atomic E-state index is 12.6. The minimum atomic E-state index is -0.573. The highest BCUT2D eigenvalue weighted by Crippen LogP contribution is 2.27. The number of nitrogens with zero attached hydrogens (tertiary/aromatic N) is 1. The van der Waals surface area contributed by atoms with E-state index in [0.29, 0.717) is 25.4 Å². The van der Waals surface area contributed by atoms with Gasteiger partial charge in [-0.25, -0.2) is 0 Å². The van der Waals surface area contributed by atoms with Crippen LogP contribution in [0.4, 0.5) is 5.69 Å². The molecule has 0 bridgehead atoms. The molecule has 0 radical (unpaired) electrons. The topological polar surface area (TPSA) is 58.6 Å². The van der Waals surface area contributed by atoms with Crippen molar-refractivity contribution in [1.29, 1.82) is 0 Å². The Bertz CT molecular complexity index is 591. The van der Waals surface area contributed by atoms with Gasteiger partial charge in [-0.15, -0.1) is 0 Å². The molecule has 0 aliphatic carbocycles. The molecule has 24 heavy (non-hydrogen) atoms. The molecular weight excluding hydrogens is 304 g/mol. The van der Waals surface area contributed by atoms with Gasteiger partial charge in [-0.3, -0.25) is 9.59 Å². The summed E-state index contributed by atoms with van der Waals surface area (Å²) in [5.74, 6) is -0.380. The summed E-state index contributed by atoms with van der Waals surface area (Å²) in [5.41, 5.74) is 2.12. The van der Waals surface area contributed by atoms with Crippen molar-refractivity contribution in [2.24, 2.45) is 5.92 Å². The number of carbonyl (C=O) groups excluding carboxylic acids is 2. The molecule has 3 rings (SSSR count). The number of nitrogens with one attached hydrogen (secondary N) is 1. The average molecular weight is 330 g/mol. The number of rotatable bonds is 5. The monoisotopic (exact) mass is 330 g/mol. The van der Waals surface area contributed by atoms with E-state index >= 15 is 0 Å². The first-order valence-electron chi connectivity index (χ1n) is 8.87. The standard InChI is InChI=1S/C19H26N2O3/c1-13(2)14-5-7-15(8-6-14)21-10-9-17(19(21)23)18(22)20-12-16-4-3-11-24-16/h5-8,13,16-17H,3-4,9-12H2,1-2H3,(H,20,22). The van der Waals surface area contributed by atoms with E-state index in [1.807, 2.05) is 12.1 Å². The first kappa shape index (κ1) is 17.0. The molecular formula is C19H26N2O3. The van der Waals surface area contributed by atoms with Gasteiger partial charge in [-0.05, 0) is 42.9 Å². The van der Waals surface area contributed by atoms with Gasteiger partial charge >= 0.3 is 0 Å². The second-order valence-electron chi connectivity index (χ2n) is 6.96. The minimum absolute atomic E-state index is 0.0999. The van der Waals surface area contributed by atoms with Crippen molar-refractivity contribution in [3.63, 3.8) is 0 Å². The van der Waals surface area contributed by atoms with Crippen LogP contribution < -0.4 is 10.2 Å². The van der Waals surface area contributed by atoms with Gasteiger partial charge in [0.2, 0.25) is 11.8 Å². The van der Waals surface area contributed by atoms with Gasteiger partial charge in [0.15, 0.2) is 0 Å². The quantitative estimate of drug-likeness (QED) is 0.844. The molecule has 2 aliphatic heterocycles. The van der Waals surface area contributed by atoms with E-state index in [4.69, 9.17) is 4.74 Å². The van der Waals surface area contributed by atoms with E-state index in [1.165, 1.54) is 5.56 Å². The number of benzene rings is 1. The molecule has 2 unspecified atom stereocenters. The molecule has 2 heterocycles. The Labute approximate surface area is 143 Å². The number of ether oxygens (including phenoxy) is 1. The summed E-state index contributed by atoms with van der Waals surface area (Å²) in [6.45, 7) is 6.15. The second kappa shape index (κ2) is 7.34. The van der Waals surface area contributed by atoms with Crippen LogP contribution in [0.25, 0.3) is 0 Å². The number of amides is 2. The summed E-state index contributed by atoms with van der Waals surface area (Å²) >= 11 is 0. The smallest absolute Gasteiger partial charge is 0.239 e. The van der Waals surface area contributed by atoms with Gasteiger partial charge in [0.05, 0.1) is 6.10 Å². The predicted octanol–water partition coefficient (Wildman–Crippen LogP) is 2.46. The maximum Gasteiger partial charge on any atom is 0.239 e. The lowest BCUT2D eigenvalue weighted by Crippen LogP contribution is -2.39. The fourth-order valence-corrected chi connectivity index (χ4v) is 3.36. The Morgan fingerprint density at radius 1 is 1.29 bits per heavy atom. The molecule has 2 saturated heterocycles. The van der Waals surface area contributed by atoms with Crippen molar-refractivity contribution in [2.45, 2.75) is 45.1 Å². The summed E-state index contributed by atoms with van der Waals surface area (Å²) in [6, 6.07) is 8.05. The molecule has 2 aliphatic rings. The van der Waals surface area contributed by atoms with Crippen LogP contribution >= 0.6 is 0 Å². The Hall–Kier alpha value is -1.88. The third-order valence-electron chi connectivity index (χ3n) is 4.92. The minimum Gasteiger partial charge on any atom is -0.376 e. The van der Waals surface area contributed by atoms with Crippen LogP contribution in [-0.4, -0.2) is 37.6 Å². The lowest BCUT2D eigenvalue weighted by molar-refractivity contribution is -0.132. The number of hydrogen-bond donors (Lipinski definition) is 1. The van der Waals surface area contributed by atoms with Crippen LogP contribution in [0.3, 0.4) is 0 Å². The molecule has 1 aromatic carbocycles. The molecule has 0 aromatic heterocycles. The molecule has 5 heteroatoms. The Morgan fingerprint density at radius 3 is 2.67 bits per heavy atom. The van der Waals surface area contributed by atoms with E-state index in [0.717, 1.165) is 25.1 Å². The highest BCUT2D eigenvalue weighted by molar-refractivity contribution is 6.09. The van der Waals surface area contributed by atoms with Gasteiger partial charge in [0, 0.05) is 25.4 Å². The Balaban J connectivity index is 1.58. The van der Waals surface area contributed by atoms with Crippen LogP contribution in [0.15, 0.2) is 24.3 Å². The van der Waals surface area contributed by atoms with Crippen LogP contribution in [0.5, 0.6) is 0 Å². The molecule has 2 atom stereocenters. The van der Waals surface area contributed by atoms with Crippen molar-refractivity contribution in [3.05, 3.63) is 29.8 Å².